The molecule has 1 saturated heterocycles. The van der Waals surface area contributed by atoms with Crippen LogP contribution in [-0.2, 0) is 11.2 Å². The van der Waals surface area contributed by atoms with Crippen molar-refractivity contribution in [2.45, 2.75) is 37.8 Å². The van der Waals surface area contributed by atoms with Gasteiger partial charge in [0.1, 0.15) is 0 Å². The lowest BCUT2D eigenvalue weighted by atomic mass is 10.1. The summed E-state index contributed by atoms with van der Waals surface area (Å²) in [5.74, 6) is 0. The topological polar surface area (TPSA) is 58.4 Å². The average molecular weight is 203 g/mol. The molecular formula is C8H17N3OS. The largest absolute Gasteiger partial charge is 0.310 e. The zero-order valence-electron chi connectivity index (χ0n) is 7.74. The first-order chi connectivity index (χ1) is 6.25. The van der Waals surface area contributed by atoms with Crippen LogP contribution in [0.1, 0.15) is 25.7 Å². The van der Waals surface area contributed by atoms with Gasteiger partial charge in [-0.15, -0.1) is 0 Å². The van der Waals surface area contributed by atoms with Crippen molar-refractivity contribution in [3.05, 3.63) is 0 Å². The van der Waals surface area contributed by atoms with E-state index in [9.17, 15) is 4.21 Å². The number of nitrogens with two attached hydrogens (primary N) is 1. The van der Waals surface area contributed by atoms with Crippen LogP contribution in [-0.4, -0.2) is 33.7 Å². The lowest BCUT2D eigenvalue weighted by Crippen LogP contribution is -2.48. The molecule has 4 nitrogen and oxygen atoms in total. The number of nitrogens with one attached hydrogen (secondary N) is 1. The van der Waals surface area contributed by atoms with Crippen molar-refractivity contribution in [3.63, 3.8) is 0 Å². The maximum atomic E-state index is 11.0. The highest BCUT2D eigenvalue weighted by atomic mass is 32.2. The molecule has 1 saturated carbocycles. The SMILES string of the molecule is NS(=O)N1CCCC(NC2CC2)C1. The number of hydrogen-bond donors (Lipinski definition) is 2. The summed E-state index contributed by atoms with van der Waals surface area (Å²) in [5, 5.41) is 8.89. The predicted molar refractivity (Wildman–Crippen MR) is 53.1 cm³/mol. The van der Waals surface area contributed by atoms with Gasteiger partial charge in [0, 0.05) is 25.2 Å². The predicted octanol–water partition coefficient (Wildman–Crippen LogP) is -0.260. The van der Waals surface area contributed by atoms with Crippen molar-refractivity contribution in [3.8, 4) is 0 Å². The third-order valence-electron chi connectivity index (χ3n) is 2.69. The standard InChI is InChI=1S/C8H17N3OS/c9-13(12)11-5-1-2-8(6-11)10-7-3-4-7/h7-8,10H,1-6,9H2. The molecule has 2 unspecified atom stereocenters. The van der Waals surface area contributed by atoms with E-state index >= 15 is 0 Å². The fraction of sp³-hybridized carbons (Fsp3) is 1.00. The fourth-order valence-corrected chi connectivity index (χ4v) is 2.46. The normalized spacial score (nSPS) is 33.2. The fourth-order valence-electron chi connectivity index (χ4n) is 1.83. The average Bonchev–Trinajstić information content (AvgIpc) is 2.89. The molecule has 2 atom stereocenters. The first-order valence-corrected chi connectivity index (χ1v) is 6.10. The van der Waals surface area contributed by atoms with Crippen molar-refractivity contribution in [2.75, 3.05) is 13.1 Å². The second kappa shape index (κ2) is 4.04. The summed E-state index contributed by atoms with van der Waals surface area (Å²) in [7, 11) is 0. The van der Waals surface area contributed by atoms with Crippen LogP contribution >= 0.6 is 0 Å². The maximum absolute atomic E-state index is 11.0. The Labute approximate surface area is 81.6 Å². The van der Waals surface area contributed by atoms with Gasteiger partial charge < -0.3 is 5.32 Å². The van der Waals surface area contributed by atoms with Gasteiger partial charge in [-0.2, -0.15) is 0 Å². The van der Waals surface area contributed by atoms with Crippen molar-refractivity contribution in [1.82, 2.24) is 9.62 Å². The summed E-state index contributed by atoms with van der Waals surface area (Å²) in [4.78, 5) is 0. The molecule has 2 fully saturated rings. The minimum absolute atomic E-state index is 0.508. The summed E-state index contributed by atoms with van der Waals surface area (Å²) in [6.07, 6.45) is 4.92. The number of rotatable bonds is 3. The van der Waals surface area contributed by atoms with Crippen LogP contribution in [0.4, 0.5) is 0 Å². The van der Waals surface area contributed by atoms with E-state index in [-0.39, 0.29) is 0 Å². The summed E-state index contributed by atoms with van der Waals surface area (Å²) in [6, 6.07) is 1.24. The van der Waals surface area contributed by atoms with Gasteiger partial charge in [0.15, 0.2) is 11.2 Å². The minimum atomic E-state index is -1.27. The third-order valence-corrected chi connectivity index (χ3v) is 3.53. The molecule has 5 heteroatoms. The second-order valence-electron chi connectivity index (χ2n) is 3.94. The van der Waals surface area contributed by atoms with Gasteiger partial charge in [-0.1, -0.05) is 0 Å². The molecule has 0 aromatic rings. The summed E-state index contributed by atoms with van der Waals surface area (Å²) in [5.41, 5.74) is 0. The molecule has 1 heterocycles. The lowest BCUT2D eigenvalue weighted by Gasteiger charge is -2.30. The van der Waals surface area contributed by atoms with Gasteiger partial charge in [0.25, 0.3) is 0 Å². The van der Waals surface area contributed by atoms with Gasteiger partial charge >= 0.3 is 0 Å². The first-order valence-electron chi connectivity index (χ1n) is 4.93. The van der Waals surface area contributed by atoms with E-state index in [2.05, 4.69) is 5.32 Å². The van der Waals surface area contributed by atoms with Crippen molar-refractivity contribution >= 4 is 11.2 Å². The molecule has 0 spiro atoms. The zero-order chi connectivity index (χ0) is 9.26. The molecule has 13 heavy (non-hydrogen) atoms. The number of piperidine rings is 1. The Hall–Kier alpha value is 0.0300. The Balaban J connectivity index is 1.80. The van der Waals surface area contributed by atoms with Gasteiger partial charge in [-0.3, -0.25) is 0 Å². The Kier molecular flexibility index (Phi) is 2.98. The molecular weight excluding hydrogens is 186 g/mol. The highest BCUT2D eigenvalue weighted by molar-refractivity contribution is 7.80. The van der Waals surface area contributed by atoms with Crippen LogP contribution in [0.25, 0.3) is 0 Å². The summed E-state index contributed by atoms with van der Waals surface area (Å²) in [6.45, 7) is 1.73. The van der Waals surface area contributed by atoms with E-state index in [0.29, 0.717) is 6.04 Å². The molecule has 76 valence electrons. The monoisotopic (exact) mass is 203 g/mol. The molecule has 1 aliphatic carbocycles. The highest BCUT2D eigenvalue weighted by Gasteiger charge is 2.28. The lowest BCUT2D eigenvalue weighted by molar-refractivity contribution is 0.293. The molecule has 0 amide bonds. The smallest absolute Gasteiger partial charge is 0.167 e. The molecule has 0 aromatic heterocycles. The molecule has 2 aliphatic rings. The Morgan fingerprint density at radius 3 is 2.69 bits per heavy atom. The van der Waals surface area contributed by atoms with Gasteiger partial charge in [0.05, 0.1) is 0 Å². The van der Waals surface area contributed by atoms with Crippen LogP contribution in [0.3, 0.4) is 0 Å². The molecule has 3 N–H and O–H groups in total. The van der Waals surface area contributed by atoms with Crippen molar-refractivity contribution < 1.29 is 4.21 Å². The van der Waals surface area contributed by atoms with Crippen LogP contribution < -0.4 is 10.5 Å². The molecule has 1 aliphatic heterocycles. The van der Waals surface area contributed by atoms with Crippen molar-refractivity contribution in [1.29, 1.82) is 0 Å². The second-order valence-corrected chi connectivity index (χ2v) is 5.01. The van der Waals surface area contributed by atoms with Gasteiger partial charge in [-0.05, 0) is 25.7 Å². The quantitative estimate of drug-likeness (QED) is 0.664. The van der Waals surface area contributed by atoms with Crippen LogP contribution in [0.2, 0.25) is 0 Å². The first kappa shape index (κ1) is 9.58. The summed E-state index contributed by atoms with van der Waals surface area (Å²) < 4.78 is 12.9. The molecule has 2 rings (SSSR count). The highest BCUT2D eigenvalue weighted by Crippen LogP contribution is 2.21. The third kappa shape index (κ3) is 2.74. The Morgan fingerprint density at radius 2 is 2.08 bits per heavy atom. The van der Waals surface area contributed by atoms with Crippen LogP contribution in [0.5, 0.6) is 0 Å². The Bertz CT molecular complexity index is 208. The summed E-state index contributed by atoms with van der Waals surface area (Å²) >= 11 is -1.27. The zero-order valence-corrected chi connectivity index (χ0v) is 8.55. The number of hydrogen-bond acceptors (Lipinski definition) is 2. The molecule has 0 bridgehead atoms. The van der Waals surface area contributed by atoms with Gasteiger partial charge in [0.2, 0.25) is 0 Å². The molecule has 0 radical (unpaired) electrons. The van der Waals surface area contributed by atoms with E-state index in [1.54, 1.807) is 0 Å². The van der Waals surface area contributed by atoms with E-state index in [0.717, 1.165) is 25.6 Å². The van der Waals surface area contributed by atoms with E-state index in [1.165, 1.54) is 19.3 Å². The van der Waals surface area contributed by atoms with E-state index < -0.39 is 11.2 Å². The van der Waals surface area contributed by atoms with Gasteiger partial charge in [-0.25, -0.2) is 13.7 Å². The Morgan fingerprint density at radius 1 is 1.31 bits per heavy atom. The number of nitrogens with zero attached hydrogens (tertiary/aromatic N) is 1. The molecule has 0 aromatic carbocycles. The van der Waals surface area contributed by atoms with E-state index in [4.69, 9.17) is 5.14 Å². The van der Waals surface area contributed by atoms with E-state index in [1.807, 2.05) is 4.31 Å². The van der Waals surface area contributed by atoms with Crippen LogP contribution in [0.15, 0.2) is 0 Å². The minimum Gasteiger partial charge on any atom is -0.310 e. The van der Waals surface area contributed by atoms with Crippen molar-refractivity contribution in [2.24, 2.45) is 5.14 Å². The van der Waals surface area contributed by atoms with Crippen LogP contribution in [0, 0.1) is 0 Å². The maximum Gasteiger partial charge on any atom is 0.167 e.